The number of benzene rings is 1. The fourth-order valence-electron chi connectivity index (χ4n) is 2.02. The van der Waals surface area contributed by atoms with Gasteiger partial charge in [-0.15, -0.1) is 0 Å². The SMILES string of the molecule is O=[N+]([O-])c1cc(F)c(F)cc1NCCC1CCC1. The van der Waals surface area contributed by atoms with Gasteiger partial charge in [0.15, 0.2) is 11.6 Å². The van der Waals surface area contributed by atoms with Gasteiger partial charge < -0.3 is 5.32 Å². The highest BCUT2D eigenvalue weighted by Crippen LogP contribution is 2.30. The predicted molar refractivity (Wildman–Crippen MR) is 63.5 cm³/mol. The van der Waals surface area contributed by atoms with Gasteiger partial charge in [-0.25, -0.2) is 8.78 Å². The van der Waals surface area contributed by atoms with Crippen LogP contribution in [0.4, 0.5) is 20.2 Å². The lowest BCUT2D eigenvalue weighted by Crippen LogP contribution is -2.16. The minimum absolute atomic E-state index is 0.0400. The van der Waals surface area contributed by atoms with Crippen LogP contribution in [0.2, 0.25) is 0 Å². The van der Waals surface area contributed by atoms with Crippen molar-refractivity contribution in [3.8, 4) is 0 Å². The van der Waals surface area contributed by atoms with Gasteiger partial charge in [-0.2, -0.15) is 0 Å². The molecule has 1 aromatic rings. The number of nitrogens with zero attached hydrogens (tertiary/aromatic N) is 1. The normalized spacial score (nSPS) is 15.2. The molecule has 0 bridgehead atoms. The van der Waals surface area contributed by atoms with Crippen molar-refractivity contribution < 1.29 is 13.7 Å². The summed E-state index contributed by atoms with van der Waals surface area (Å²) in [5.74, 6) is -1.63. The summed E-state index contributed by atoms with van der Waals surface area (Å²) < 4.78 is 26.0. The average Bonchev–Trinajstić information content (AvgIpc) is 2.25. The summed E-state index contributed by atoms with van der Waals surface area (Å²) in [6.45, 7) is 0.538. The van der Waals surface area contributed by atoms with E-state index in [-0.39, 0.29) is 5.69 Å². The highest BCUT2D eigenvalue weighted by molar-refractivity contribution is 5.61. The molecule has 6 heteroatoms. The van der Waals surface area contributed by atoms with Crippen molar-refractivity contribution >= 4 is 11.4 Å². The van der Waals surface area contributed by atoms with Crippen LogP contribution < -0.4 is 5.32 Å². The molecule has 1 N–H and O–H groups in total. The van der Waals surface area contributed by atoms with Crippen molar-refractivity contribution in [2.24, 2.45) is 5.92 Å². The molecule has 0 radical (unpaired) electrons. The molecule has 0 spiro atoms. The van der Waals surface area contributed by atoms with Crippen molar-refractivity contribution in [1.29, 1.82) is 0 Å². The Morgan fingerprint density at radius 3 is 2.56 bits per heavy atom. The van der Waals surface area contributed by atoms with Crippen molar-refractivity contribution in [1.82, 2.24) is 0 Å². The number of nitro groups is 1. The molecule has 1 aromatic carbocycles. The molecule has 98 valence electrons. The predicted octanol–water partition coefficient (Wildman–Crippen LogP) is 3.48. The van der Waals surface area contributed by atoms with Crippen molar-refractivity contribution in [3.63, 3.8) is 0 Å². The Morgan fingerprint density at radius 1 is 1.33 bits per heavy atom. The molecule has 0 amide bonds. The summed E-state index contributed by atoms with van der Waals surface area (Å²) in [7, 11) is 0. The van der Waals surface area contributed by atoms with E-state index < -0.39 is 22.2 Å². The van der Waals surface area contributed by atoms with Crippen LogP contribution in [-0.4, -0.2) is 11.5 Å². The van der Waals surface area contributed by atoms with Gasteiger partial charge in [-0.05, 0) is 12.3 Å². The number of hydrogen-bond acceptors (Lipinski definition) is 3. The second-order valence-electron chi connectivity index (χ2n) is 4.55. The van der Waals surface area contributed by atoms with E-state index in [1.165, 1.54) is 19.3 Å². The number of halogens is 2. The van der Waals surface area contributed by atoms with E-state index in [0.717, 1.165) is 12.5 Å². The number of rotatable bonds is 5. The monoisotopic (exact) mass is 256 g/mol. The Morgan fingerprint density at radius 2 is 2.00 bits per heavy atom. The summed E-state index contributed by atoms with van der Waals surface area (Å²) in [5.41, 5.74) is -0.388. The third-order valence-electron chi connectivity index (χ3n) is 3.33. The van der Waals surface area contributed by atoms with Crippen LogP contribution in [0.1, 0.15) is 25.7 Å². The Bertz CT molecular complexity index is 462. The fraction of sp³-hybridized carbons (Fsp3) is 0.500. The molecule has 1 fully saturated rings. The summed E-state index contributed by atoms with van der Waals surface area (Å²) >= 11 is 0. The Hall–Kier alpha value is -1.72. The first-order valence-corrected chi connectivity index (χ1v) is 5.95. The molecule has 0 unspecified atom stereocenters. The van der Waals surface area contributed by atoms with E-state index >= 15 is 0 Å². The third-order valence-corrected chi connectivity index (χ3v) is 3.33. The van der Waals surface area contributed by atoms with Gasteiger partial charge in [0, 0.05) is 12.6 Å². The minimum atomic E-state index is -1.20. The largest absolute Gasteiger partial charge is 0.379 e. The van der Waals surface area contributed by atoms with Crippen LogP contribution in [0.3, 0.4) is 0 Å². The molecular weight excluding hydrogens is 242 g/mol. The first kappa shape index (κ1) is 12.7. The van der Waals surface area contributed by atoms with Crippen LogP contribution in [0, 0.1) is 27.7 Å². The summed E-state index contributed by atoms with van der Waals surface area (Å²) in [6.07, 6.45) is 4.50. The average molecular weight is 256 g/mol. The lowest BCUT2D eigenvalue weighted by atomic mass is 9.83. The molecule has 18 heavy (non-hydrogen) atoms. The Balaban J connectivity index is 2.04. The maximum Gasteiger partial charge on any atom is 0.295 e. The van der Waals surface area contributed by atoms with Crippen molar-refractivity contribution in [3.05, 3.63) is 33.9 Å². The smallest absolute Gasteiger partial charge is 0.295 e. The molecule has 0 atom stereocenters. The van der Waals surface area contributed by atoms with E-state index in [1.54, 1.807) is 0 Å². The molecule has 0 saturated heterocycles. The van der Waals surface area contributed by atoms with Crippen LogP contribution in [-0.2, 0) is 0 Å². The lowest BCUT2D eigenvalue weighted by molar-refractivity contribution is -0.384. The minimum Gasteiger partial charge on any atom is -0.379 e. The lowest BCUT2D eigenvalue weighted by Gasteiger charge is -2.25. The van der Waals surface area contributed by atoms with Gasteiger partial charge in [0.2, 0.25) is 0 Å². The molecular formula is C12H14F2N2O2. The van der Waals surface area contributed by atoms with Crippen molar-refractivity contribution in [2.75, 3.05) is 11.9 Å². The van der Waals surface area contributed by atoms with Crippen LogP contribution >= 0.6 is 0 Å². The van der Waals surface area contributed by atoms with E-state index in [9.17, 15) is 18.9 Å². The van der Waals surface area contributed by atoms with Crippen LogP contribution in [0.25, 0.3) is 0 Å². The third kappa shape index (κ3) is 2.75. The van der Waals surface area contributed by atoms with E-state index in [4.69, 9.17) is 0 Å². The summed E-state index contributed by atoms with van der Waals surface area (Å²) in [4.78, 5) is 10.0. The molecule has 0 aromatic heterocycles. The summed E-state index contributed by atoms with van der Waals surface area (Å²) in [5, 5.41) is 13.5. The number of nitrogens with one attached hydrogen (secondary N) is 1. The van der Waals surface area contributed by atoms with Gasteiger partial charge in [-0.3, -0.25) is 10.1 Å². The van der Waals surface area contributed by atoms with Crippen molar-refractivity contribution in [2.45, 2.75) is 25.7 Å². The molecule has 4 nitrogen and oxygen atoms in total. The van der Waals surface area contributed by atoms with Gasteiger partial charge >= 0.3 is 0 Å². The molecule has 0 aliphatic heterocycles. The maximum absolute atomic E-state index is 13.0. The Labute approximate surface area is 103 Å². The van der Waals surface area contributed by atoms with Gasteiger partial charge in [0.05, 0.1) is 11.0 Å². The first-order chi connectivity index (χ1) is 8.58. The standard InChI is InChI=1S/C12H14F2N2O2/c13-9-6-11(12(16(17)18)7-10(9)14)15-5-4-8-2-1-3-8/h6-8,15H,1-5H2. The van der Waals surface area contributed by atoms with Gasteiger partial charge in [-0.1, -0.05) is 19.3 Å². The highest BCUT2D eigenvalue weighted by atomic mass is 19.2. The highest BCUT2D eigenvalue weighted by Gasteiger charge is 2.20. The molecule has 1 aliphatic rings. The zero-order chi connectivity index (χ0) is 13.1. The van der Waals surface area contributed by atoms with E-state index in [2.05, 4.69) is 5.32 Å². The summed E-state index contributed by atoms with van der Waals surface area (Å²) in [6, 6.07) is 1.45. The Kier molecular flexibility index (Phi) is 3.74. The maximum atomic E-state index is 13.0. The van der Waals surface area contributed by atoms with Gasteiger partial charge in [0.1, 0.15) is 5.69 Å². The first-order valence-electron chi connectivity index (χ1n) is 5.95. The molecule has 1 aliphatic carbocycles. The molecule has 2 rings (SSSR count). The van der Waals surface area contributed by atoms with Crippen LogP contribution in [0.15, 0.2) is 12.1 Å². The zero-order valence-corrected chi connectivity index (χ0v) is 9.79. The molecule has 0 heterocycles. The van der Waals surface area contributed by atoms with E-state index in [0.29, 0.717) is 18.5 Å². The second kappa shape index (κ2) is 5.29. The van der Waals surface area contributed by atoms with Gasteiger partial charge in [0.25, 0.3) is 5.69 Å². The number of hydrogen-bond donors (Lipinski definition) is 1. The number of anilines is 1. The quantitative estimate of drug-likeness (QED) is 0.648. The van der Waals surface area contributed by atoms with E-state index in [1.807, 2.05) is 0 Å². The molecule has 1 saturated carbocycles. The topological polar surface area (TPSA) is 55.2 Å². The number of nitro benzene ring substituents is 1. The zero-order valence-electron chi connectivity index (χ0n) is 9.79. The fourth-order valence-corrected chi connectivity index (χ4v) is 2.02. The van der Waals surface area contributed by atoms with Crippen LogP contribution in [0.5, 0.6) is 0 Å². The second-order valence-corrected chi connectivity index (χ2v) is 4.55.